The highest BCUT2D eigenvalue weighted by Crippen LogP contribution is 2.06. The Hall–Kier alpha value is -1.55. The lowest BCUT2D eigenvalue weighted by Gasteiger charge is -2.05. The summed E-state index contributed by atoms with van der Waals surface area (Å²) in [5.74, 6) is 0.0874. The maximum absolute atomic E-state index is 11.5. The zero-order chi connectivity index (χ0) is 12.5. The molecular formula is C13H21N3O. The average Bonchev–Trinajstić information content (AvgIpc) is 2.32. The zero-order valence-electron chi connectivity index (χ0n) is 10.1. The largest absolute Gasteiger partial charge is 0.399 e. The second kappa shape index (κ2) is 7.68. The lowest BCUT2D eigenvalue weighted by Crippen LogP contribution is -2.22. The van der Waals surface area contributed by atoms with Crippen LogP contribution < -0.4 is 16.8 Å². The van der Waals surface area contributed by atoms with Gasteiger partial charge in [0.15, 0.2) is 0 Å². The Morgan fingerprint density at radius 3 is 2.76 bits per heavy atom. The third kappa shape index (κ3) is 5.92. The van der Waals surface area contributed by atoms with E-state index < -0.39 is 0 Å². The summed E-state index contributed by atoms with van der Waals surface area (Å²) in [6, 6.07) is 7.54. The number of nitrogens with two attached hydrogens (primary N) is 2. The minimum atomic E-state index is 0.0874. The second-order valence-corrected chi connectivity index (χ2v) is 4.12. The molecule has 0 unspecified atom stereocenters. The van der Waals surface area contributed by atoms with Crippen LogP contribution in [0.3, 0.4) is 0 Å². The van der Waals surface area contributed by atoms with Gasteiger partial charge in [0, 0.05) is 18.7 Å². The molecule has 5 N–H and O–H groups in total. The van der Waals surface area contributed by atoms with Crippen molar-refractivity contribution in [2.75, 3.05) is 12.3 Å². The van der Waals surface area contributed by atoms with Gasteiger partial charge in [0.25, 0.3) is 0 Å². The quantitative estimate of drug-likeness (QED) is 0.493. The summed E-state index contributed by atoms with van der Waals surface area (Å²) in [6.45, 7) is 1.24. The molecular weight excluding hydrogens is 214 g/mol. The second-order valence-electron chi connectivity index (χ2n) is 4.12. The molecule has 1 aromatic rings. The van der Waals surface area contributed by atoms with Crippen molar-refractivity contribution < 1.29 is 4.79 Å². The van der Waals surface area contributed by atoms with Gasteiger partial charge >= 0.3 is 0 Å². The molecule has 0 spiro atoms. The van der Waals surface area contributed by atoms with Crippen molar-refractivity contribution in [2.45, 2.75) is 32.2 Å². The topological polar surface area (TPSA) is 81.1 Å². The van der Waals surface area contributed by atoms with Crippen LogP contribution in [0, 0.1) is 0 Å². The molecule has 0 bridgehead atoms. The average molecular weight is 235 g/mol. The number of rotatable bonds is 7. The molecule has 4 heteroatoms. The molecule has 0 heterocycles. The summed E-state index contributed by atoms with van der Waals surface area (Å²) in [6.07, 6.45) is 3.48. The molecule has 1 aromatic carbocycles. The van der Waals surface area contributed by atoms with Crippen LogP contribution in [0.15, 0.2) is 24.3 Å². The Labute approximate surface area is 102 Å². The lowest BCUT2D eigenvalue weighted by atomic mass is 10.1. The van der Waals surface area contributed by atoms with Gasteiger partial charge in [-0.2, -0.15) is 0 Å². The zero-order valence-corrected chi connectivity index (χ0v) is 10.1. The number of hydrogen-bond donors (Lipinski definition) is 3. The molecule has 0 saturated carbocycles. The van der Waals surface area contributed by atoms with Gasteiger partial charge in [-0.05, 0) is 37.1 Å². The van der Waals surface area contributed by atoms with E-state index in [0.29, 0.717) is 19.5 Å². The predicted molar refractivity (Wildman–Crippen MR) is 70.2 cm³/mol. The number of nitrogen functional groups attached to an aromatic ring is 1. The van der Waals surface area contributed by atoms with Crippen LogP contribution in [0.25, 0.3) is 0 Å². The van der Waals surface area contributed by atoms with E-state index in [2.05, 4.69) is 5.32 Å². The van der Waals surface area contributed by atoms with Crippen molar-refractivity contribution in [3.63, 3.8) is 0 Å². The van der Waals surface area contributed by atoms with E-state index in [4.69, 9.17) is 11.5 Å². The van der Waals surface area contributed by atoms with E-state index in [1.807, 2.05) is 24.3 Å². The number of nitrogens with one attached hydrogen (secondary N) is 1. The molecule has 4 nitrogen and oxygen atoms in total. The molecule has 0 aliphatic heterocycles. The number of carbonyl (C=O) groups excluding carboxylic acids is 1. The maximum atomic E-state index is 11.5. The van der Waals surface area contributed by atoms with Gasteiger partial charge in [-0.3, -0.25) is 4.79 Å². The Kier molecular flexibility index (Phi) is 6.10. The Morgan fingerprint density at radius 2 is 2.06 bits per heavy atom. The standard InChI is InChI=1S/C13H21N3O/c14-8-3-1-2-7-13(17)16-10-11-5-4-6-12(15)9-11/h4-6,9H,1-3,7-8,10,14-15H2,(H,16,17). The van der Waals surface area contributed by atoms with Crippen LogP contribution in [0.5, 0.6) is 0 Å². The smallest absolute Gasteiger partial charge is 0.220 e. The van der Waals surface area contributed by atoms with Crippen molar-refractivity contribution in [1.29, 1.82) is 0 Å². The molecule has 0 radical (unpaired) electrons. The summed E-state index contributed by atoms with van der Waals surface area (Å²) < 4.78 is 0. The number of carbonyl (C=O) groups is 1. The van der Waals surface area contributed by atoms with Gasteiger partial charge in [-0.25, -0.2) is 0 Å². The fourth-order valence-electron chi connectivity index (χ4n) is 1.60. The van der Waals surface area contributed by atoms with Crippen molar-refractivity contribution in [1.82, 2.24) is 5.32 Å². The van der Waals surface area contributed by atoms with Gasteiger partial charge in [-0.15, -0.1) is 0 Å². The van der Waals surface area contributed by atoms with E-state index in [1.165, 1.54) is 0 Å². The molecule has 17 heavy (non-hydrogen) atoms. The van der Waals surface area contributed by atoms with Crippen LogP contribution in [-0.2, 0) is 11.3 Å². The first-order valence-corrected chi connectivity index (χ1v) is 6.03. The van der Waals surface area contributed by atoms with Crippen molar-refractivity contribution in [3.8, 4) is 0 Å². The number of anilines is 1. The van der Waals surface area contributed by atoms with E-state index in [0.717, 1.165) is 30.5 Å². The van der Waals surface area contributed by atoms with Gasteiger partial charge in [-0.1, -0.05) is 18.6 Å². The fourth-order valence-corrected chi connectivity index (χ4v) is 1.60. The van der Waals surface area contributed by atoms with Crippen molar-refractivity contribution in [2.24, 2.45) is 5.73 Å². The Bertz CT molecular complexity index is 352. The van der Waals surface area contributed by atoms with E-state index in [-0.39, 0.29) is 5.91 Å². The third-order valence-corrected chi connectivity index (χ3v) is 2.55. The third-order valence-electron chi connectivity index (χ3n) is 2.55. The number of hydrogen-bond acceptors (Lipinski definition) is 3. The highest BCUT2D eigenvalue weighted by atomic mass is 16.1. The van der Waals surface area contributed by atoms with Crippen LogP contribution in [0.4, 0.5) is 5.69 Å². The summed E-state index contributed by atoms with van der Waals surface area (Å²) in [5, 5.41) is 2.88. The number of unbranched alkanes of at least 4 members (excludes halogenated alkanes) is 2. The first-order valence-electron chi connectivity index (χ1n) is 6.03. The Balaban J connectivity index is 2.19. The molecule has 0 fully saturated rings. The molecule has 0 aliphatic carbocycles. The van der Waals surface area contributed by atoms with Crippen LogP contribution in [0.2, 0.25) is 0 Å². The molecule has 1 amide bonds. The molecule has 0 aliphatic rings. The van der Waals surface area contributed by atoms with E-state index in [1.54, 1.807) is 0 Å². The van der Waals surface area contributed by atoms with Crippen LogP contribution in [-0.4, -0.2) is 12.5 Å². The molecule has 0 atom stereocenters. The lowest BCUT2D eigenvalue weighted by molar-refractivity contribution is -0.121. The highest BCUT2D eigenvalue weighted by Gasteiger charge is 2.01. The van der Waals surface area contributed by atoms with Crippen molar-refractivity contribution in [3.05, 3.63) is 29.8 Å². The predicted octanol–water partition coefficient (Wildman–Crippen LogP) is 1.40. The molecule has 94 valence electrons. The van der Waals surface area contributed by atoms with Crippen LogP contribution in [0.1, 0.15) is 31.2 Å². The van der Waals surface area contributed by atoms with Crippen molar-refractivity contribution >= 4 is 11.6 Å². The summed E-state index contributed by atoms with van der Waals surface area (Å²) in [7, 11) is 0. The summed E-state index contributed by atoms with van der Waals surface area (Å²) >= 11 is 0. The van der Waals surface area contributed by atoms with Gasteiger partial charge < -0.3 is 16.8 Å². The van der Waals surface area contributed by atoms with E-state index in [9.17, 15) is 4.79 Å². The monoisotopic (exact) mass is 235 g/mol. The number of benzene rings is 1. The summed E-state index contributed by atoms with van der Waals surface area (Å²) in [4.78, 5) is 11.5. The molecule has 0 aromatic heterocycles. The Morgan fingerprint density at radius 1 is 1.24 bits per heavy atom. The molecule has 0 saturated heterocycles. The number of amides is 1. The fraction of sp³-hybridized carbons (Fsp3) is 0.462. The van der Waals surface area contributed by atoms with Gasteiger partial charge in [0.05, 0.1) is 0 Å². The minimum absolute atomic E-state index is 0.0874. The molecule has 1 rings (SSSR count). The highest BCUT2D eigenvalue weighted by molar-refractivity contribution is 5.75. The maximum Gasteiger partial charge on any atom is 0.220 e. The minimum Gasteiger partial charge on any atom is -0.399 e. The van der Waals surface area contributed by atoms with Crippen LogP contribution >= 0.6 is 0 Å². The van der Waals surface area contributed by atoms with E-state index >= 15 is 0 Å². The SMILES string of the molecule is NCCCCCC(=O)NCc1cccc(N)c1. The normalized spacial score (nSPS) is 10.2. The van der Waals surface area contributed by atoms with Gasteiger partial charge in [0.2, 0.25) is 5.91 Å². The first kappa shape index (κ1) is 13.5. The first-order chi connectivity index (χ1) is 8.22. The summed E-state index contributed by atoms with van der Waals surface area (Å²) in [5.41, 5.74) is 12.8. The van der Waals surface area contributed by atoms with Gasteiger partial charge in [0.1, 0.15) is 0 Å².